The number of aromatic nitrogens is 3. The molecule has 1 aromatic heterocycles. The van der Waals surface area contributed by atoms with Gasteiger partial charge in [0.05, 0.1) is 5.75 Å². The molecule has 0 saturated carbocycles. The lowest BCUT2D eigenvalue weighted by molar-refractivity contribution is -0.116. The molecule has 2 heterocycles. The highest BCUT2D eigenvalue weighted by Crippen LogP contribution is 2.28. The summed E-state index contributed by atoms with van der Waals surface area (Å²) >= 11 is 1.41. The Hall–Kier alpha value is -2.80. The van der Waals surface area contributed by atoms with Crippen LogP contribution in [0.2, 0.25) is 0 Å². The van der Waals surface area contributed by atoms with E-state index in [2.05, 4.69) is 29.3 Å². The van der Waals surface area contributed by atoms with Gasteiger partial charge in [0.1, 0.15) is 12.4 Å². The second-order valence-corrected chi connectivity index (χ2v) is 8.45. The zero-order valence-electron chi connectivity index (χ0n) is 17.6. The van der Waals surface area contributed by atoms with Crippen molar-refractivity contribution in [2.45, 2.75) is 38.5 Å². The molecule has 0 spiro atoms. The topological polar surface area (TPSA) is 60.3 Å². The molecule has 0 radical (unpaired) electrons. The average Bonchev–Trinajstić information content (AvgIpc) is 3.12. The fraction of sp³-hybridized carbons (Fsp3) is 0.348. The maximum Gasteiger partial charge on any atom is 0.237 e. The molecule has 30 heavy (non-hydrogen) atoms. The van der Waals surface area contributed by atoms with Crippen LogP contribution in [0, 0.1) is 13.8 Å². The first-order valence-electron chi connectivity index (χ1n) is 10.1. The minimum absolute atomic E-state index is 0.100. The summed E-state index contributed by atoms with van der Waals surface area (Å²) in [5, 5.41) is 9.22. The summed E-state index contributed by atoms with van der Waals surface area (Å²) in [5.74, 6) is 2.02. The molecule has 0 unspecified atom stereocenters. The first-order chi connectivity index (χ1) is 14.5. The van der Waals surface area contributed by atoms with Crippen LogP contribution in [0.5, 0.6) is 5.75 Å². The standard InChI is InChI=1S/C23H26N4O2S/c1-16-8-6-12-20(17(16)2)29-14-21-24-25-23(26(21)3)30-15-22(28)27-13-7-10-18-9-4-5-11-19(18)27/h4-6,8-9,11-12H,7,10,13-15H2,1-3H3. The molecular weight excluding hydrogens is 396 g/mol. The Morgan fingerprint density at radius 1 is 1.13 bits per heavy atom. The maximum atomic E-state index is 12.9. The van der Waals surface area contributed by atoms with Gasteiger partial charge in [0.25, 0.3) is 0 Å². The lowest BCUT2D eigenvalue weighted by atomic mass is 10.0. The highest BCUT2D eigenvalue weighted by molar-refractivity contribution is 7.99. The first kappa shape index (κ1) is 20.5. The Bertz CT molecular complexity index is 1060. The first-order valence-corrected chi connectivity index (χ1v) is 11.1. The molecule has 0 aliphatic carbocycles. The van der Waals surface area contributed by atoms with Gasteiger partial charge < -0.3 is 14.2 Å². The maximum absolute atomic E-state index is 12.9. The van der Waals surface area contributed by atoms with Crippen molar-refractivity contribution in [1.29, 1.82) is 0 Å². The quantitative estimate of drug-likeness (QED) is 0.560. The van der Waals surface area contributed by atoms with Gasteiger partial charge in [-0.25, -0.2) is 0 Å². The molecular formula is C23H26N4O2S. The van der Waals surface area contributed by atoms with Crippen LogP contribution in [0.1, 0.15) is 28.9 Å². The number of fused-ring (bicyclic) bond motifs is 1. The van der Waals surface area contributed by atoms with Crippen LogP contribution in [-0.2, 0) is 24.9 Å². The minimum atomic E-state index is 0.100. The third-order valence-electron chi connectivity index (χ3n) is 5.57. The second-order valence-electron chi connectivity index (χ2n) is 7.51. The van der Waals surface area contributed by atoms with Crippen molar-refractivity contribution >= 4 is 23.4 Å². The fourth-order valence-electron chi connectivity index (χ4n) is 3.62. The summed E-state index contributed by atoms with van der Waals surface area (Å²) in [6.07, 6.45) is 2.03. The van der Waals surface area contributed by atoms with E-state index in [1.807, 2.05) is 53.8 Å². The van der Waals surface area contributed by atoms with Crippen LogP contribution < -0.4 is 9.64 Å². The van der Waals surface area contributed by atoms with E-state index in [1.54, 1.807) is 0 Å². The van der Waals surface area contributed by atoms with Crippen molar-refractivity contribution < 1.29 is 9.53 Å². The Balaban J connectivity index is 1.38. The van der Waals surface area contributed by atoms with Crippen LogP contribution in [0.3, 0.4) is 0 Å². The number of rotatable bonds is 6. The third-order valence-corrected chi connectivity index (χ3v) is 6.58. The Kier molecular flexibility index (Phi) is 6.08. The number of hydrogen-bond donors (Lipinski definition) is 0. The van der Waals surface area contributed by atoms with Gasteiger partial charge in [0.2, 0.25) is 5.91 Å². The molecule has 7 heteroatoms. The number of aryl methyl sites for hydroxylation is 2. The SMILES string of the molecule is Cc1cccc(OCc2nnc(SCC(=O)N3CCCc4ccccc43)n2C)c1C. The Morgan fingerprint density at radius 3 is 2.83 bits per heavy atom. The largest absolute Gasteiger partial charge is 0.485 e. The number of amides is 1. The van der Waals surface area contributed by atoms with Crippen molar-refractivity contribution in [1.82, 2.24) is 14.8 Å². The van der Waals surface area contributed by atoms with E-state index in [-0.39, 0.29) is 5.91 Å². The Morgan fingerprint density at radius 2 is 1.97 bits per heavy atom. The van der Waals surface area contributed by atoms with E-state index in [9.17, 15) is 4.79 Å². The van der Waals surface area contributed by atoms with Gasteiger partial charge in [-0.2, -0.15) is 0 Å². The molecule has 2 aromatic carbocycles. The van der Waals surface area contributed by atoms with E-state index >= 15 is 0 Å². The number of nitrogens with zero attached hydrogens (tertiary/aromatic N) is 4. The summed E-state index contributed by atoms with van der Waals surface area (Å²) < 4.78 is 7.85. The van der Waals surface area contributed by atoms with Crippen LogP contribution in [0.25, 0.3) is 0 Å². The van der Waals surface area contributed by atoms with Gasteiger partial charge in [-0.1, -0.05) is 42.1 Å². The fourth-order valence-corrected chi connectivity index (χ4v) is 4.42. The van der Waals surface area contributed by atoms with E-state index in [1.165, 1.54) is 22.9 Å². The molecule has 0 bridgehead atoms. The summed E-state index contributed by atoms with van der Waals surface area (Å²) in [6.45, 7) is 5.22. The summed E-state index contributed by atoms with van der Waals surface area (Å²) in [4.78, 5) is 14.8. The molecule has 0 saturated heterocycles. The molecule has 1 aliphatic heterocycles. The molecule has 1 aliphatic rings. The molecule has 0 fully saturated rings. The number of thioether (sulfide) groups is 1. The normalized spacial score (nSPS) is 13.2. The summed E-state index contributed by atoms with van der Waals surface area (Å²) in [5.41, 5.74) is 4.60. The van der Waals surface area contributed by atoms with Crippen LogP contribution in [0.15, 0.2) is 47.6 Å². The van der Waals surface area contributed by atoms with Crippen molar-refractivity contribution in [3.63, 3.8) is 0 Å². The van der Waals surface area contributed by atoms with E-state index in [0.29, 0.717) is 17.5 Å². The minimum Gasteiger partial charge on any atom is -0.485 e. The van der Waals surface area contributed by atoms with Crippen LogP contribution in [-0.4, -0.2) is 33.0 Å². The molecule has 0 N–H and O–H groups in total. The molecule has 0 atom stereocenters. The van der Waals surface area contributed by atoms with Crippen molar-refractivity contribution in [2.24, 2.45) is 7.05 Å². The number of ether oxygens (including phenoxy) is 1. The molecule has 1 amide bonds. The summed E-state index contributed by atoms with van der Waals surface area (Å²) in [7, 11) is 1.91. The van der Waals surface area contributed by atoms with Crippen molar-refractivity contribution in [3.8, 4) is 5.75 Å². The number of benzene rings is 2. The van der Waals surface area contributed by atoms with E-state index in [0.717, 1.165) is 42.2 Å². The average molecular weight is 423 g/mol. The zero-order chi connectivity index (χ0) is 21.1. The molecule has 4 rings (SSSR count). The number of anilines is 1. The smallest absolute Gasteiger partial charge is 0.237 e. The van der Waals surface area contributed by atoms with E-state index < -0.39 is 0 Å². The number of para-hydroxylation sites is 1. The summed E-state index contributed by atoms with van der Waals surface area (Å²) in [6, 6.07) is 14.2. The number of carbonyl (C=O) groups is 1. The van der Waals surface area contributed by atoms with Gasteiger partial charge in [0, 0.05) is 19.3 Å². The second kappa shape index (κ2) is 8.92. The number of hydrogen-bond acceptors (Lipinski definition) is 5. The molecule has 156 valence electrons. The molecule has 6 nitrogen and oxygen atoms in total. The van der Waals surface area contributed by atoms with Crippen LogP contribution in [0.4, 0.5) is 5.69 Å². The van der Waals surface area contributed by atoms with Gasteiger partial charge in [-0.15, -0.1) is 10.2 Å². The Labute approximate surface area is 181 Å². The third kappa shape index (κ3) is 4.21. The van der Waals surface area contributed by atoms with Gasteiger partial charge in [-0.3, -0.25) is 4.79 Å². The van der Waals surface area contributed by atoms with E-state index in [4.69, 9.17) is 4.74 Å². The molecule has 3 aromatic rings. The van der Waals surface area contributed by atoms with Gasteiger partial charge in [0.15, 0.2) is 11.0 Å². The van der Waals surface area contributed by atoms with Gasteiger partial charge >= 0.3 is 0 Å². The predicted octanol–water partition coefficient (Wildman–Crippen LogP) is 4.08. The predicted molar refractivity (Wildman–Crippen MR) is 119 cm³/mol. The van der Waals surface area contributed by atoms with Crippen LogP contribution >= 0.6 is 11.8 Å². The van der Waals surface area contributed by atoms with Gasteiger partial charge in [-0.05, 0) is 55.5 Å². The highest BCUT2D eigenvalue weighted by Gasteiger charge is 2.23. The zero-order valence-corrected chi connectivity index (χ0v) is 18.4. The lowest BCUT2D eigenvalue weighted by Crippen LogP contribution is -2.36. The number of carbonyl (C=O) groups excluding carboxylic acids is 1. The highest BCUT2D eigenvalue weighted by atomic mass is 32.2. The van der Waals surface area contributed by atoms with Crippen molar-refractivity contribution in [3.05, 3.63) is 65.0 Å². The monoisotopic (exact) mass is 422 g/mol. The lowest BCUT2D eigenvalue weighted by Gasteiger charge is -2.29. The van der Waals surface area contributed by atoms with Crippen molar-refractivity contribution in [2.75, 3.05) is 17.2 Å².